The summed E-state index contributed by atoms with van der Waals surface area (Å²) in [5, 5.41) is 15.3. The summed E-state index contributed by atoms with van der Waals surface area (Å²) in [7, 11) is 0. The smallest absolute Gasteiger partial charge is 0.303 e. The topological polar surface area (TPSA) is 87.7 Å². The Hall–Kier alpha value is -2.37. The van der Waals surface area contributed by atoms with E-state index >= 15 is 0 Å². The SMILES string of the molecule is CCC(=O)O.CCOC(=N)c1ccc2nccn2c1. The van der Waals surface area contributed by atoms with Crippen LogP contribution >= 0.6 is 0 Å². The number of hydrogen-bond acceptors (Lipinski definition) is 4. The van der Waals surface area contributed by atoms with Gasteiger partial charge in [0.1, 0.15) is 5.65 Å². The number of aliphatic carboxylic acids is 1. The Balaban J connectivity index is 0.000000312. The van der Waals surface area contributed by atoms with Crippen LogP contribution in [0.1, 0.15) is 25.8 Å². The fourth-order valence-electron chi connectivity index (χ4n) is 1.28. The number of carboxylic acids is 1. The quantitative estimate of drug-likeness (QED) is 0.656. The fourth-order valence-corrected chi connectivity index (χ4v) is 1.28. The van der Waals surface area contributed by atoms with E-state index in [9.17, 15) is 4.79 Å². The summed E-state index contributed by atoms with van der Waals surface area (Å²) in [6.45, 7) is 3.98. The Morgan fingerprint density at radius 1 is 1.47 bits per heavy atom. The minimum atomic E-state index is -0.745. The van der Waals surface area contributed by atoms with Crippen molar-refractivity contribution in [3.8, 4) is 0 Å². The number of aromatic nitrogens is 2. The van der Waals surface area contributed by atoms with Crippen molar-refractivity contribution in [2.24, 2.45) is 0 Å². The number of carbonyl (C=O) groups is 1. The molecular formula is C13H17N3O3. The number of nitrogens with zero attached hydrogens (tertiary/aromatic N) is 2. The molecule has 19 heavy (non-hydrogen) atoms. The molecule has 0 unspecified atom stereocenters. The second kappa shape index (κ2) is 7.15. The van der Waals surface area contributed by atoms with E-state index in [1.807, 2.05) is 35.9 Å². The summed E-state index contributed by atoms with van der Waals surface area (Å²) in [4.78, 5) is 13.5. The predicted molar refractivity (Wildman–Crippen MR) is 71.6 cm³/mol. The number of fused-ring (bicyclic) bond motifs is 1. The predicted octanol–water partition coefficient (Wildman–Crippen LogP) is 2.18. The highest BCUT2D eigenvalue weighted by Crippen LogP contribution is 2.05. The molecule has 0 aromatic carbocycles. The average molecular weight is 263 g/mol. The first kappa shape index (κ1) is 14.7. The van der Waals surface area contributed by atoms with Crippen molar-refractivity contribution in [2.75, 3.05) is 6.61 Å². The van der Waals surface area contributed by atoms with Gasteiger partial charge in [-0.25, -0.2) is 4.98 Å². The average Bonchev–Trinajstić information content (AvgIpc) is 2.86. The number of ether oxygens (including phenoxy) is 1. The van der Waals surface area contributed by atoms with Crippen molar-refractivity contribution in [3.63, 3.8) is 0 Å². The van der Waals surface area contributed by atoms with Gasteiger partial charge in [0.2, 0.25) is 5.90 Å². The summed E-state index contributed by atoms with van der Waals surface area (Å²) < 4.78 is 6.97. The lowest BCUT2D eigenvalue weighted by Crippen LogP contribution is -2.05. The summed E-state index contributed by atoms with van der Waals surface area (Å²) >= 11 is 0. The summed E-state index contributed by atoms with van der Waals surface area (Å²) in [5.41, 5.74) is 1.63. The first-order valence-corrected chi connectivity index (χ1v) is 5.94. The van der Waals surface area contributed by atoms with E-state index in [-0.39, 0.29) is 12.3 Å². The zero-order chi connectivity index (χ0) is 14.3. The zero-order valence-electron chi connectivity index (χ0n) is 11.0. The van der Waals surface area contributed by atoms with Crippen molar-refractivity contribution >= 4 is 17.5 Å². The molecule has 2 heterocycles. The Morgan fingerprint density at radius 2 is 2.16 bits per heavy atom. The van der Waals surface area contributed by atoms with E-state index in [2.05, 4.69) is 4.98 Å². The van der Waals surface area contributed by atoms with Crippen molar-refractivity contribution in [1.82, 2.24) is 9.38 Å². The molecule has 6 heteroatoms. The monoisotopic (exact) mass is 263 g/mol. The number of hydrogen-bond donors (Lipinski definition) is 2. The van der Waals surface area contributed by atoms with Crippen LogP contribution in [0.15, 0.2) is 30.7 Å². The lowest BCUT2D eigenvalue weighted by Gasteiger charge is -2.04. The van der Waals surface area contributed by atoms with Crippen LogP contribution in [0.3, 0.4) is 0 Å². The van der Waals surface area contributed by atoms with Gasteiger partial charge in [-0.05, 0) is 19.1 Å². The minimum Gasteiger partial charge on any atom is -0.481 e. The highest BCUT2D eigenvalue weighted by atomic mass is 16.5. The van der Waals surface area contributed by atoms with Crippen molar-refractivity contribution < 1.29 is 14.6 Å². The minimum absolute atomic E-state index is 0.197. The number of rotatable bonds is 3. The van der Waals surface area contributed by atoms with E-state index in [1.54, 1.807) is 13.1 Å². The number of pyridine rings is 1. The largest absolute Gasteiger partial charge is 0.481 e. The van der Waals surface area contributed by atoms with Crippen LogP contribution in [-0.2, 0) is 9.53 Å². The second-order valence-electron chi connectivity index (χ2n) is 3.62. The Morgan fingerprint density at radius 3 is 2.74 bits per heavy atom. The lowest BCUT2D eigenvalue weighted by atomic mass is 10.3. The normalized spacial score (nSPS) is 9.58. The maximum absolute atomic E-state index is 9.37. The summed E-state index contributed by atoms with van der Waals surface area (Å²) in [5.74, 6) is -0.548. The number of carboxylic acid groups (broad SMARTS) is 1. The molecule has 2 aromatic rings. The summed E-state index contributed by atoms with van der Waals surface area (Å²) in [6.07, 6.45) is 5.63. The Bertz CT molecular complexity index is 563. The van der Waals surface area contributed by atoms with Gasteiger partial charge in [-0.15, -0.1) is 0 Å². The van der Waals surface area contributed by atoms with Crippen LogP contribution in [0.4, 0.5) is 0 Å². The van der Waals surface area contributed by atoms with Crippen LogP contribution in [0, 0.1) is 5.41 Å². The molecule has 0 fully saturated rings. The van der Waals surface area contributed by atoms with Gasteiger partial charge >= 0.3 is 5.97 Å². The standard InChI is InChI=1S/C10H11N3O.C3H6O2/c1-2-14-10(11)8-3-4-9-12-5-6-13(9)7-8;1-2-3(4)5/h3-7,11H,2H2,1H3;2H2,1H3,(H,4,5). The van der Waals surface area contributed by atoms with Gasteiger partial charge in [-0.1, -0.05) is 6.92 Å². The maximum Gasteiger partial charge on any atom is 0.303 e. The molecular weight excluding hydrogens is 246 g/mol. The molecule has 0 saturated heterocycles. The van der Waals surface area contributed by atoms with E-state index in [1.165, 1.54) is 0 Å². The van der Waals surface area contributed by atoms with Crippen LogP contribution in [0.5, 0.6) is 0 Å². The molecule has 6 nitrogen and oxygen atoms in total. The first-order valence-electron chi connectivity index (χ1n) is 5.94. The third-order valence-electron chi connectivity index (χ3n) is 2.24. The van der Waals surface area contributed by atoms with E-state index in [0.717, 1.165) is 11.2 Å². The zero-order valence-corrected chi connectivity index (χ0v) is 11.0. The van der Waals surface area contributed by atoms with E-state index in [0.29, 0.717) is 6.61 Å². The van der Waals surface area contributed by atoms with Crippen LogP contribution in [0.2, 0.25) is 0 Å². The van der Waals surface area contributed by atoms with Crippen LogP contribution in [0.25, 0.3) is 5.65 Å². The maximum atomic E-state index is 9.37. The van der Waals surface area contributed by atoms with Crippen molar-refractivity contribution in [1.29, 1.82) is 5.41 Å². The highest BCUT2D eigenvalue weighted by molar-refractivity contribution is 5.91. The van der Waals surface area contributed by atoms with Crippen molar-refractivity contribution in [2.45, 2.75) is 20.3 Å². The molecule has 0 atom stereocenters. The van der Waals surface area contributed by atoms with E-state index < -0.39 is 5.97 Å². The number of nitrogens with one attached hydrogen (secondary N) is 1. The third-order valence-corrected chi connectivity index (χ3v) is 2.24. The number of imidazole rings is 1. The van der Waals surface area contributed by atoms with E-state index in [4.69, 9.17) is 15.3 Å². The molecule has 0 amide bonds. The van der Waals surface area contributed by atoms with Gasteiger partial charge in [0.05, 0.1) is 12.2 Å². The molecule has 2 N–H and O–H groups in total. The van der Waals surface area contributed by atoms with Crippen molar-refractivity contribution in [3.05, 3.63) is 36.3 Å². The van der Waals surface area contributed by atoms with Crippen LogP contribution < -0.4 is 0 Å². The molecule has 2 rings (SSSR count). The molecule has 0 spiro atoms. The molecule has 0 radical (unpaired) electrons. The molecule has 102 valence electrons. The second-order valence-corrected chi connectivity index (χ2v) is 3.62. The molecule has 0 aliphatic rings. The van der Waals surface area contributed by atoms with Gasteiger partial charge < -0.3 is 14.2 Å². The Labute approximate surface area is 111 Å². The molecule has 0 bridgehead atoms. The first-order chi connectivity index (χ1) is 9.08. The summed E-state index contributed by atoms with van der Waals surface area (Å²) in [6, 6.07) is 3.70. The molecule has 0 aliphatic heterocycles. The molecule has 0 aliphatic carbocycles. The third kappa shape index (κ3) is 4.42. The molecule has 0 saturated carbocycles. The van der Waals surface area contributed by atoms with Gasteiger partial charge in [0.25, 0.3) is 0 Å². The van der Waals surface area contributed by atoms with Crippen LogP contribution in [-0.4, -0.2) is 33.0 Å². The highest BCUT2D eigenvalue weighted by Gasteiger charge is 2.02. The van der Waals surface area contributed by atoms with Gasteiger partial charge in [-0.2, -0.15) is 0 Å². The lowest BCUT2D eigenvalue weighted by molar-refractivity contribution is -0.136. The van der Waals surface area contributed by atoms with Gasteiger partial charge in [0.15, 0.2) is 0 Å². The molecule has 2 aromatic heterocycles. The van der Waals surface area contributed by atoms with Gasteiger partial charge in [0, 0.05) is 25.0 Å². The fraction of sp³-hybridized carbons (Fsp3) is 0.308. The van der Waals surface area contributed by atoms with Gasteiger partial charge in [-0.3, -0.25) is 10.2 Å². The Kier molecular flexibility index (Phi) is 5.53.